The smallest absolute Gasteiger partial charge is 0.303 e. The highest BCUT2D eigenvalue weighted by Gasteiger charge is 2.18. The van der Waals surface area contributed by atoms with Crippen LogP contribution < -0.4 is 16.8 Å². The van der Waals surface area contributed by atoms with E-state index in [1.54, 1.807) is 0 Å². The number of aliphatic carboxylic acids is 1. The van der Waals surface area contributed by atoms with Crippen molar-refractivity contribution >= 4 is 17.8 Å². The molecule has 0 spiro atoms. The number of hydrogen-bond donors (Lipinski definition) is 4. The Morgan fingerprint density at radius 2 is 1.93 bits per heavy atom. The molecule has 15 heavy (non-hydrogen) atoms. The molecule has 0 fully saturated rings. The van der Waals surface area contributed by atoms with Crippen LogP contribution in [-0.4, -0.2) is 35.0 Å². The number of nitrogens with two attached hydrogens (primary N) is 2. The Bertz CT molecular complexity index is 267. The number of carboxylic acids is 1. The Balaban J connectivity index is 3.99. The minimum atomic E-state index is -1.03. The third-order valence-electron chi connectivity index (χ3n) is 1.79. The van der Waals surface area contributed by atoms with Crippen LogP contribution in [0.4, 0.5) is 0 Å². The summed E-state index contributed by atoms with van der Waals surface area (Å²) in [7, 11) is 0. The third-order valence-corrected chi connectivity index (χ3v) is 1.79. The van der Waals surface area contributed by atoms with Crippen LogP contribution >= 0.6 is 0 Å². The van der Waals surface area contributed by atoms with Gasteiger partial charge in [0.15, 0.2) is 0 Å². The molecule has 0 aliphatic rings. The minimum Gasteiger partial charge on any atom is -0.481 e. The first-order chi connectivity index (χ1) is 6.84. The summed E-state index contributed by atoms with van der Waals surface area (Å²) in [6.07, 6.45) is -0.174. The van der Waals surface area contributed by atoms with Crippen LogP contribution in [0.5, 0.6) is 0 Å². The van der Waals surface area contributed by atoms with Gasteiger partial charge in [-0.1, -0.05) is 0 Å². The average Bonchev–Trinajstić information content (AvgIpc) is 2.13. The van der Waals surface area contributed by atoms with E-state index < -0.39 is 29.9 Å². The maximum Gasteiger partial charge on any atom is 0.303 e. The number of carbonyl (C=O) groups excluding carboxylic acids is 2. The highest BCUT2D eigenvalue weighted by atomic mass is 16.4. The molecule has 0 aliphatic carbocycles. The van der Waals surface area contributed by atoms with Crippen LogP contribution in [0.2, 0.25) is 0 Å². The molecule has 2 atom stereocenters. The van der Waals surface area contributed by atoms with Crippen LogP contribution in [0.15, 0.2) is 0 Å². The Morgan fingerprint density at radius 1 is 1.40 bits per heavy atom. The van der Waals surface area contributed by atoms with Gasteiger partial charge in [-0.25, -0.2) is 0 Å². The molecule has 0 aliphatic heterocycles. The summed E-state index contributed by atoms with van der Waals surface area (Å²) in [6.45, 7) is 1.42. The fourth-order valence-corrected chi connectivity index (χ4v) is 0.802. The van der Waals surface area contributed by atoms with Crippen molar-refractivity contribution in [1.29, 1.82) is 0 Å². The predicted octanol–water partition coefficient (Wildman–Crippen LogP) is -1.83. The van der Waals surface area contributed by atoms with Gasteiger partial charge in [0.1, 0.15) is 6.04 Å². The van der Waals surface area contributed by atoms with E-state index >= 15 is 0 Å². The fraction of sp³-hybridized carbons (Fsp3) is 0.625. The van der Waals surface area contributed by atoms with Crippen molar-refractivity contribution in [2.75, 3.05) is 0 Å². The van der Waals surface area contributed by atoms with Gasteiger partial charge in [0, 0.05) is 6.42 Å². The number of rotatable bonds is 6. The molecule has 0 saturated heterocycles. The molecule has 0 saturated carbocycles. The molecule has 6 N–H and O–H groups in total. The molecule has 7 heteroatoms. The summed E-state index contributed by atoms with van der Waals surface area (Å²) in [4.78, 5) is 32.0. The van der Waals surface area contributed by atoms with Crippen LogP contribution in [-0.2, 0) is 14.4 Å². The molecule has 0 aromatic rings. The lowest BCUT2D eigenvalue weighted by atomic mass is 10.1. The summed E-state index contributed by atoms with van der Waals surface area (Å²) in [5, 5.41) is 10.6. The lowest BCUT2D eigenvalue weighted by Crippen LogP contribution is -2.49. The number of nitrogens with one attached hydrogen (secondary N) is 1. The molecule has 0 aromatic carbocycles. The molecule has 7 nitrogen and oxygen atoms in total. The Labute approximate surface area is 86.8 Å². The topological polar surface area (TPSA) is 136 Å². The van der Waals surface area contributed by atoms with E-state index in [-0.39, 0.29) is 12.8 Å². The van der Waals surface area contributed by atoms with Gasteiger partial charge < -0.3 is 21.9 Å². The SMILES string of the molecule is C[C@@H](NC(=O)[C@@H](N)CCC(=O)O)C(N)=O. The zero-order chi connectivity index (χ0) is 12.0. The second-order valence-corrected chi connectivity index (χ2v) is 3.17. The molecule has 0 heterocycles. The Kier molecular flexibility index (Phi) is 5.32. The summed E-state index contributed by atoms with van der Waals surface area (Å²) in [5.74, 6) is -2.28. The van der Waals surface area contributed by atoms with Gasteiger partial charge in [-0.2, -0.15) is 0 Å². The van der Waals surface area contributed by atoms with Crippen molar-refractivity contribution in [3.8, 4) is 0 Å². The number of hydrogen-bond acceptors (Lipinski definition) is 4. The van der Waals surface area contributed by atoms with Crippen LogP contribution in [0.1, 0.15) is 19.8 Å². The molecule has 0 unspecified atom stereocenters. The molecule has 0 rings (SSSR count). The van der Waals surface area contributed by atoms with Crippen LogP contribution in [0.3, 0.4) is 0 Å². The van der Waals surface area contributed by atoms with Crippen molar-refractivity contribution in [2.24, 2.45) is 11.5 Å². The van der Waals surface area contributed by atoms with E-state index in [1.807, 2.05) is 0 Å². The van der Waals surface area contributed by atoms with Gasteiger partial charge >= 0.3 is 5.97 Å². The quantitative estimate of drug-likeness (QED) is 0.415. The van der Waals surface area contributed by atoms with Gasteiger partial charge in [0.2, 0.25) is 11.8 Å². The molecular weight excluding hydrogens is 202 g/mol. The maximum atomic E-state index is 11.2. The van der Waals surface area contributed by atoms with Gasteiger partial charge in [-0.3, -0.25) is 14.4 Å². The van der Waals surface area contributed by atoms with E-state index in [2.05, 4.69) is 5.32 Å². The molecule has 0 radical (unpaired) electrons. The van der Waals surface area contributed by atoms with Gasteiger partial charge in [0.25, 0.3) is 0 Å². The number of amides is 2. The Morgan fingerprint density at radius 3 is 2.33 bits per heavy atom. The first-order valence-electron chi connectivity index (χ1n) is 4.41. The normalized spacial score (nSPS) is 14.0. The lowest BCUT2D eigenvalue weighted by Gasteiger charge is -2.14. The van der Waals surface area contributed by atoms with Crippen LogP contribution in [0, 0.1) is 0 Å². The zero-order valence-corrected chi connectivity index (χ0v) is 8.40. The van der Waals surface area contributed by atoms with E-state index in [9.17, 15) is 14.4 Å². The largest absolute Gasteiger partial charge is 0.481 e. The van der Waals surface area contributed by atoms with E-state index in [4.69, 9.17) is 16.6 Å². The predicted molar refractivity (Wildman–Crippen MR) is 51.6 cm³/mol. The van der Waals surface area contributed by atoms with Crippen molar-refractivity contribution in [3.63, 3.8) is 0 Å². The fourth-order valence-electron chi connectivity index (χ4n) is 0.802. The number of carboxylic acid groups (broad SMARTS) is 1. The molecule has 0 bridgehead atoms. The van der Waals surface area contributed by atoms with Crippen molar-refractivity contribution < 1.29 is 19.5 Å². The van der Waals surface area contributed by atoms with Gasteiger partial charge in [-0.05, 0) is 13.3 Å². The number of primary amides is 1. The van der Waals surface area contributed by atoms with E-state index in [0.29, 0.717) is 0 Å². The first-order valence-corrected chi connectivity index (χ1v) is 4.41. The molecule has 0 aromatic heterocycles. The lowest BCUT2D eigenvalue weighted by molar-refractivity contribution is -0.137. The van der Waals surface area contributed by atoms with Gasteiger partial charge in [0.05, 0.1) is 6.04 Å². The third kappa shape index (κ3) is 5.63. The van der Waals surface area contributed by atoms with E-state index in [1.165, 1.54) is 6.92 Å². The maximum absolute atomic E-state index is 11.2. The Hall–Kier alpha value is -1.63. The zero-order valence-electron chi connectivity index (χ0n) is 8.40. The van der Waals surface area contributed by atoms with Crippen LogP contribution in [0.25, 0.3) is 0 Å². The molecular formula is C8H15N3O4. The monoisotopic (exact) mass is 217 g/mol. The summed E-state index contributed by atoms with van der Waals surface area (Å²) in [5.41, 5.74) is 10.3. The summed E-state index contributed by atoms with van der Waals surface area (Å²) in [6, 6.07) is -1.75. The minimum absolute atomic E-state index is 0.0205. The number of carbonyl (C=O) groups is 3. The summed E-state index contributed by atoms with van der Waals surface area (Å²) >= 11 is 0. The highest BCUT2D eigenvalue weighted by molar-refractivity contribution is 5.88. The van der Waals surface area contributed by atoms with E-state index in [0.717, 1.165) is 0 Å². The second-order valence-electron chi connectivity index (χ2n) is 3.17. The van der Waals surface area contributed by atoms with Gasteiger partial charge in [-0.15, -0.1) is 0 Å². The van der Waals surface area contributed by atoms with Crippen molar-refractivity contribution in [2.45, 2.75) is 31.8 Å². The second kappa shape index (κ2) is 5.97. The average molecular weight is 217 g/mol. The van der Waals surface area contributed by atoms with Crippen molar-refractivity contribution in [3.05, 3.63) is 0 Å². The standard InChI is InChI=1S/C8H15N3O4/c1-4(7(10)14)11-8(15)5(9)2-3-6(12)13/h4-5H,2-3,9H2,1H3,(H2,10,14)(H,11,15)(H,12,13)/t4-,5+/m1/s1. The highest BCUT2D eigenvalue weighted by Crippen LogP contribution is 1.95. The summed E-state index contributed by atoms with van der Waals surface area (Å²) < 4.78 is 0. The van der Waals surface area contributed by atoms with Crippen molar-refractivity contribution in [1.82, 2.24) is 5.32 Å². The first kappa shape index (κ1) is 13.4. The molecule has 2 amide bonds. The molecule has 86 valence electrons.